The number of carbonyl (C=O) groups excluding carboxylic acids is 3. The zero-order valence-electron chi connectivity index (χ0n) is 87.5. The van der Waals surface area contributed by atoms with Crippen LogP contribution in [0.5, 0.6) is 0 Å². The number of methoxy groups -OCH3 is 1. The quantitative estimate of drug-likeness (QED) is 0.0124. The van der Waals surface area contributed by atoms with Crippen LogP contribution in [0.1, 0.15) is 209 Å². The van der Waals surface area contributed by atoms with Crippen molar-refractivity contribution in [3.63, 3.8) is 0 Å². The lowest BCUT2D eigenvalue weighted by molar-refractivity contribution is -0.923. The van der Waals surface area contributed by atoms with Crippen molar-refractivity contribution in [1.29, 1.82) is 31.6 Å². The lowest BCUT2D eigenvalue weighted by atomic mass is 10.1. The van der Waals surface area contributed by atoms with Crippen molar-refractivity contribution >= 4 is 123 Å². The summed E-state index contributed by atoms with van der Waals surface area (Å²) in [6.45, 7) is 63.9. The number of quaternary nitrogens is 2. The van der Waals surface area contributed by atoms with E-state index in [-0.39, 0.29) is 11.9 Å². The third kappa shape index (κ3) is 150. The highest BCUT2D eigenvalue weighted by Gasteiger charge is 2.21. The smallest absolute Gasteiger partial charge is 0.302 e. The number of rotatable bonds is 39. The summed E-state index contributed by atoms with van der Waals surface area (Å²) < 4.78 is 12.0. The number of thiocarbonyl (C=S) groups is 2. The minimum absolute atomic E-state index is 0.0707. The first kappa shape index (κ1) is 151. The topological polar surface area (TPSA) is 237 Å². The monoisotopic (exact) mass is 1990 g/mol. The van der Waals surface area contributed by atoms with Crippen LogP contribution in [0.3, 0.4) is 0 Å². The van der Waals surface area contributed by atoms with E-state index in [9.17, 15) is 14.4 Å². The number of benzene rings is 6. The average Bonchev–Trinajstić information content (AvgIpc) is 0.902. The lowest BCUT2D eigenvalue weighted by Gasteiger charge is -2.35. The van der Waals surface area contributed by atoms with Gasteiger partial charge in [0, 0.05) is 26.7 Å². The van der Waals surface area contributed by atoms with Crippen molar-refractivity contribution in [2.45, 2.75) is 209 Å². The zero-order chi connectivity index (χ0) is 103. The van der Waals surface area contributed by atoms with E-state index in [1.807, 2.05) is 251 Å². The third-order valence-electron chi connectivity index (χ3n) is 19.0. The van der Waals surface area contributed by atoms with Crippen LogP contribution in [-0.2, 0) is 23.9 Å². The second kappa shape index (κ2) is 140. The number of amides is 1. The van der Waals surface area contributed by atoms with Gasteiger partial charge in [0.25, 0.3) is 0 Å². The molecule has 0 aromatic heterocycles. The van der Waals surface area contributed by atoms with E-state index in [0.29, 0.717) is 12.4 Å². The Kier molecular flexibility index (Phi) is 159. The molecule has 0 aliphatic rings. The summed E-state index contributed by atoms with van der Waals surface area (Å²) in [7, 11) is 1.65. The molecule has 26 heteroatoms. The fraction of sp³-hybridized carbons (Fsp3) is 0.561. The molecular weight excluding hydrogens is 1800 g/mol. The Morgan fingerprint density at radius 2 is 0.534 bits per heavy atom. The van der Waals surface area contributed by atoms with Gasteiger partial charge in [-0.3, -0.25) is 9.59 Å². The molecule has 0 aliphatic heterocycles. The summed E-state index contributed by atoms with van der Waals surface area (Å²) in [5.74, 6) is 0.194. The second-order valence-corrected chi connectivity index (χ2v) is 32.1. The number of likely N-dealkylation sites (N-methyl/N-ethyl adjacent to an activating group) is 2. The number of Topliss-reactive ketones (excluding diaryl/α,β-unsaturated/α-hetero) is 1. The summed E-state index contributed by atoms with van der Waals surface area (Å²) in [6, 6.07) is 72.0. The maximum Gasteiger partial charge on any atom is 0.302 e. The molecule has 6 rings (SSSR count). The highest BCUT2D eigenvalue weighted by molar-refractivity contribution is 8.04. The predicted molar refractivity (Wildman–Crippen MR) is 603 cm³/mol. The number of nitrogens with zero attached hydrogens (tertiary/aromatic N) is 12. The first-order valence-electron chi connectivity index (χ1n) is 46.8. The molecule has 6 aromatic rings. The van der Waals surface area contributed by atoms with Gasteiger partial charge in [-0.15, -0.1) is 0 Å². The predicted octanol–water partition coefficient (Wildman–Crippen LogP) is 27.5. The van der Waals surface area contributed by atoms with Crippen LogP contribution in [0.2, 0.25) is 0 Å². The van der Waals surface area contributed by atoms with E-state index in [2.05, 4.69) is 136 Å². The van der Waals surface area contributed by atoms with Gasteiger partial charge in [0.1, 0.15) is 51.3 Å². The molecule has 0 aliphatic carbocycles. The number of ketones is 1. The molecule has 133 heavy (non-hydrogen) atoms. The van der Waals surface area contributed by atoms with Crippen LogP contribution in [0.4, 0.5) is 0 Å². The molecule has 0 saturated carbocycles. The summed E-state index contributed by atoms with van der Waals surface area (Å²) in [5.41, 5.74) is 0. The van der Waals surface area contributed by atoms with Gasteiger partial charge in [0.2, 0.25) is 5.91 Å². The highest BCUT2D eigenvalue weighted by Crippen LogP contribution is 2.08. The minimum atomic E-state index is -0.179. The molecule has 0 radical (unpaired) electrons. The van der Waals surface area contributed by atoms with Gasteiger partial charge in [-0.2, -0.15) is 31.6 Å². The highest BCUT2D eigenvalue weighted by atomic mass is 32.2. The molecule has 1 N–H and O–H groups in total. The second-order valence-electron chi connectivity index (χ2n) is 27.6. The summed E-state index contributed by atoms with van der Waals surface area (Å²) in [5, 5.41) is 60.2. The molecule has 0 fully saturated rings. The molecule has 1 amide bonds. The molecular formula is C107H183N13O5S8+2. The van der Waals surface area contributed by atoms with Crippen LogP contribution in [0.25, 0.3) is 0 Å². The standard InChI is InChI=1S/C11H23NS.C10H22N2O.C10H22NO2.C10H21NOS.C9H19NO.C9H21N.6C6H6.6C2H3NS/c1-4-11(13)9-7-8-10-12(5-2)6-3;1-5-12(6-2,7-3)9-8-11-10(4)13;1-5-11(6-2,7-3)8-9-13-10(4)12;1-4-11(5-2)9-7-6-8-10(13)12-3;1-4-10(5-2)8-6-7-9(3)11;1-4-7-8-9-10(5-2)6-3;6*1-2-4-6-5-3-1;6*1-4-2-3/h4-10H2,1-3H3;2*5-9H2,1-4H3;4-9H2,1-3H3;4-8H2,1-3H3;4-9H2,1-3H3;6*1-6H;6*1H3/q;;+1;;;;;;;;;;;;;;;/p+1. The number of esters is 1. The molecule has 0 unspecified atom stereocenters. The Labute approximate surface area is 853 Å². The van der Waals surface area contributed by atoms with Crippen molar-refractivity contribution in [1.82, 2.24) is 24.9 Å². The van der Waals surface area contributed by atoms with Gasteiger partial charge in [-0.1, -0.05) is 313 Å². The van der Waals surface area contributed by atoms with E-state index < -0.39 is 0 Å². The van der Waals surface area contributed by atoms with Gasteiger partial charge in [-0.25, -0.2) is 0 Å². The maximum absolute atomic E-state index is 10.7. The first-order valence-corrected chi connectivity index (χ1v) is 55.0. The lowest BCUT2D eigenvalue weighted by Crippen LogP contribution is -2.51. The van der Waals surface area contributed by atoms with E-state index in [4.69, 9.17) is 65.5 Å². The Morgan fingerprint density at radius 3 is 0.707 bits per heavy atom. The van der Waals surface area contributed by atoms with Crippen LogP contribution in [-0.4, -0.2) is 245 Å². The van der Waals surface area contributed by atoms with Gasteiger partial charge in [0.05, 0.1) is 59.5 Å². The van der Waals surface area contributed by atoms with E-state index in [1.54, 1.807) is 58.5 Å². The number of carbonyl (C=O) groups is 3. The molecule has 0 atom stereocenters. The van der Waals surface area contributed by atoms with Crippen molar-refractivity contribution in [3.8, 4) is 32.4 Å². The molecule has 0 heterocycles. The molecule has 6 aromatic carbocycles. The van der Waals surface area contributed by atoms with Crippen LogP contribution in [0, 0.1) is 64.0 Å². The first-order chi connectivity index (χ1) is 64.2. The Bertz CT molecular complexity index is 2830. The molecule has 752 valence electrons. The number of unbranched alkanes of at least 4 members (excludes halogenated alkanes) is 4. The zero-order valence-corrected chi connectivity index (χ0v) is 94.0. The van der Waals surface area contributed by atoms with Crippen LogP contribution >= 0.6 is 95.0 Å². The van der Waals surface area contributed by atoms with E-state index in [1.165, 1.54) is 96.1 Å². The Morgan fingerprint density at radius 1 is 0.323 bits per heavy atom. The van der Waals surface area contributed by atoms with E-state index >= 15 is 0 Å². The Balaban J connectivity index is -0.000000118. The number of thiocyanates is 6. The van der Waals surface area contributed by atoms with Crippen molar-refractivity contribution < 1.29 is 32.8 Å². The molecule has 0 saturated heterocycles. The number of ether oxygens (including phenoxy) is 2. The van der Waals surface area contributed by atoms with Crippen molar-refractivity contribution in [3.05, 3.63) is 218 Å². The van der Waals surface area contributed by atoms with Gasteiger partial charge < -0.3 is 48.2 Å². The van der Waals surface area contributed by atoms with Crippen LogP contribution in [0.15, 0.2) is 218 Å². The number of hydrogen-bond donors (Lipinski definition) is 1. The molecule has 0 bridgehead atoms. The summed E-state index contributed by atoms with van der Waals surface area (Å²) in [6.07, 6.45) is 24.3. The Hall–Kier alpha value is -7.29. The van der Waals surface area contributed by atoms with Crippen molar-refractivity contribution in [2.75, 3.05) is 189 Å². The van der Waals surface area contributed by atoms with Crippen LogP contribution < -0.4 is 5.32 Å². The largest absolute Gasteiger partial charge is 0.490 e. The van der Waals surface area contributed by atoms with Crippen molar-refractivity contribution in [2.24, 2.45) is 0 Å². The SMILES string of the molecule is CCC(=S)CCCCN(CC)CC.CCCCCN(CC)CC.CCN(CC)CCCC(C)=O.CCN(CC)CCCCC(=S)OC.CC[N+](CC)(CC)CCNC(C)=O.CC[N+](CC)(CC)CCOC(C)=O.CSC#N.CSC#N.CSC#N.CSC#N.CSC#N.CSC#N.c1ccccc1.c1ccccc1.c1ccccc1.c1ccccc1.c1ccccc1.c1ccccc1. The van der Waals surface area contributed by atoms with Gasteiger partial charge in [-0.05, 0) is 304 Å². The average molecular weight is 1990 g/mol. The number of hydrogen-bond acceptors (Lipinski definition) is 23. The third-order valence-corrected chi connectivity index (χ3v) is 20.9. The summed E-state index contributed by atoms with van der Waals surface area (Å²) >= 11 is 17.1. The normalized spacial score (nSPS) is 9.05. The molecule has 0 spiro atoms. The number of thioether (sulfide) groups is 6. The van der Waals surface area contributed by atoms with E-state index in [0.717, 1.165) is 215 Å². The maximum atomic E-state index is 10.7. The fourth-order valence-corrected chi connectivity index (χ4v) is 10.6. The van der Waals surface area contributed by atoms with Gasteiger partial charge in [0.15, 0.2) is 5.05 Å². The minimum Gasteiger partial charge on any atom is -0.490 e. The number of nitriles is 6. The summed E-state index contributed by atoms with van der Waals surface area (Å²) in [4.78, 5) is 42.8. The van der Waals surface area contributed by atoms with Gasteiger partial charge >= 0.3 is 5.97 Å². The molecule has 18 nitrogen and oxygen atoms in total. The number of nitrogens with one attached hydrogen (secondary N) is 1. The fourth-order valence-electron chi connectivity index (χ4n) is 10.3.